The Labute approximate surface area is 125 Å². The van der Waals surface area contributed by atoms with Crippen molar-refractivity contribution in [1.82, 2.24) is 14.7 Å². The van der Waals surface area contributed by atoms with E-state index in [1.54, 1.807) is 0 Å². The highest BCUT2D eigenvalue weighted by atomic mass is 16.4. The summed E-state index contributed by atoms with van der Waals surface area (Å²) in [6.07, 6.45) is 3.60. The highest BCUT2D eigenvalue weighted by molar-refractivity contribution is 5.79. The van der Waals surface area contributed by atoms with E-state index in [4.69, 9.17) is 0 Å². The number of piperazine rings is 1. The third-order valence-corrected chi connectivity index (χ3v) is 5.26. The zero-order valence-corrected chi connectivity index (χ0v) is 12.7. The van der Waals surface area contributed by atoms with Crippen LogP contribution in [0.25, 0.3) is 0 Å². The van der Waals surface area contributed by atoms with Crippen LogP contribution in [-0.4, -0.2) is 76.6 Å². The Hall–Kier alpha value is -1.30. The minimum absolute atomic E-state index is 0.0717. The number of rotatable bonds is 3. The van der Waals surface area contributed by atoms with E-state index in [-0.39, 0.29) is 24.0 Å². The lowest BCUT2D eigenvalue weighted by Crippen LogP contribution is -2.54. The second-order valence-electron chi connectivity index (χ2n) is 6.50. The number of hydrogen-bond acceptors (Lipinski definition) is 3. The molecule has 118 valence electrons. The van der Waals surface area contributed by atoms with E-state index in [1.807, 2.05) is 9.80 Å². The molecule has 0 spiro atoms. The van der Waals surface area contributed by atoms with E-state index in [9.17, 15) is 14.7 Å². The summed E-state index contributed by atoms with van der Waals surface area (Å²) in [6, 6.07) is 0.147. The quantitative estimate of drug-likeness (QED) is 0.846. The van der Waals surface area contributed by atoms with Crippen LogP contribution in [0.4, 0.5) is 4.79 Å². The first kappa shape index (κ1) is 14.6. The van der Waals surface area contributed by atoms with Gasteiger partial charge in [0, 0.05) is 38.3 Å². The summed E-state index contributed by atoms with van der Waals surface area (Å²) in [5, 5.41) is 9.28. The third kappa shape index (κ3) is 2.61. The van der Waals surface area contributed by atoms with Gasteiger partial charge in [0.2, 0.25) is 0 Å². The highest BCUT2D eigenvalue weighted by Crippen LogP contribution is 2.42. The molecule has 3 aliphatic rings. The molecule has 3 heterocycles. The molecule has 6 nitrogen and oxygen atoms in total. The molecule has 0 aromatic carbocycles. The maximum absolute atomic E-state index is 12.7. The van der Waals surface area contributed by atoms with Crippen LogP contribution in [0.3, 0.4) is 0 Å². The molecular weight excluding hydrogens is 270 g/mol. The molecular formula is C15H25N3O3. The van der Waals surface area contributed by atoms with E-state index in [0.29, 0.717) is 6.42 Å². The van der Waals surface area contributed by atoms with Gasteiger partial charge in [-0.05, 0) is 32.2 Å². The normalized spacial score (nSPS) is 32.7. The molecule has 3 rings (SSSR count). The minimum Gasteiger partial charge on any atom is -0.481 e. The molecule has 0 aliphatic carbocycles. The van der Waals surface area contributed by atoms with Gasteiger partial charge in [-0.3, -0.25) is 9.69 Å². The van der Waals surface area contributed by atoms with Crippen molar-refractivity contribution in [2.75, 3.05) is 32.7 Å². The van der Waals surface area contributed by atoms with Crippen LogP contribution in [0, 0.1) is 5.92 Å². The van der Waals surface area contributed by atoms with E-state index in [0.717, 1.165) is 52.0 Å². The molecule has 3 aliphatic heterocycles. The van der Waals surface area contributed by atoms with E-state index >= 15 is 0 Å². The number of urea groups is 1. The molecule has 1 N–H and O–H groups in total. The van der Waals surface area contributed by atoms with Gasteiger partial charge in [-0.15, -0.1) is 0 Å². The van der Waals surface area contributed by atoms with E-state index in [1.165, 1.54) is 0 Å². The second-order valence-corrected chi connectivity index (χ2v) is 6.50. The molecule has 2 amide bonds. The fourth-order valence-corrected chi connectivity index (χ4v) is 4.19. The fourth-order valence-electron chi connectivity index (χ4n) is 4.19. The second kappa shape index (κ2) is 5.83. The van der Waals surface area contributed by atoms with Crippen LogP contribution in [0.1, 0.15) is 32.6 Å². The predicted octanol–water partition coefficient (Wildman–Crippen LogP) is 1.07. The maximum Gasteiger partial charge on any atom is 0.320 e. The van der Waals surface area contributed by atoms with Gasteiger partial charge in [0.15, 0.2) is 0 Å². The van der Waals surface area contributed by atoms with Crippen LogP contribution >= 0.6 is 0 Å². The van der Waals surface area contributed by atoms with Gasteiger partial charge in [0.1, 0.15) is 0 Å². The van der Waals surface area contributed by atoms with Crippen molar-refractivity contribution in [3.63, 3.8) is 0 Å². The van der Waals surface area contributed by atoms with E-state index in [2.05, 4.69) is 11.8 Å². The molecule has 3 atom stereocenters. The lowest BCUT2D eigenvalue weighted by Gasteiger charge is -2.37. The number of amides is 2. The molecule has 0 aromatic heterocycles. The zero-order valence-electron chi connectivity index (χ0n) is 12.7. The smallest absolute Gasteiger partial charge is 0.320 e. The molecule has 0 saturated carbocycles. The number of aliphatic carboxylic acids is 1. The molecule has 6 heteroatoms. The summed E-state index contributed by atoms with van der Waals surface area (Å²) in [4.78, 5) is 30.2. The van der Waals surface area contributed by atoms with Gasteiger partial charge in [0.05, 0.1) is 5.92 Å². The van der Waals surface area contributed by atoms with Crippen molar-refractivity contribution >= 4 is 12.0 Å². The Morgan fingerprint density at radius 2 is 1.86 bits per heavy atom. The van der Waals surface area contributed by atoms with Crippen molar-refractivity contribution in [3.8, 4) is 0 Å². The molecule has 3 fully saturated rings. The summed E-state index contributed by atoms with van der Waals surface area (Å²) in [5.74, 6) is -1.10. The number of nitrogens with zero attached hydrogens (tertiary/aromatic N) is 3. The Kier molecular flexibility index (Phi) is 4.06. The number of carbonyl (C=O) groups excluding carboxylic acids is 1. The van der Waals surface area contributed by atoms with Crippen molar-refractivity contribution in [2.45, 2.75) is 44.7 Å². The van der Waals surface area contributed by atoms with E-state index < -0.39 is 5.97 Å². The van der Waals surface area contributed by atoms with Gasteiger partial charge in [-0.25, -0.2) is 4.79 Å². The highest BCUT2D eigenvalue weighted by Gasteiger charge is 2.52. The van der Waals surface area contributed by atoms with Crippen LogP contribution < -0.4 is 0 Å². The first-order valence-electron chi connectivity index (χ1n) is 8.14. The summed E-state index contributed by atoms with van der Waals surface area (Å²) in [7, 11) is 0. The monoisotopic (exact) mass is 295 g/mol. The summed E-state index contributed by atoms with van der Waals surface area (Å²) in [6.45, 7) is 6.68. The summed E-state index contributed by atoms with van der Waals surface area (Å²) < 4.78 is 0. The number of carboxylic acid groups (broad SMARTS) is 1. The predicted molar refractivity (Wildman–Crippen MR) is 78.1 cm³/mol. The van der Waals surface area contributed by atoms with Crippen molar-refractivity contribution in [1.29, 1.82) is 0 Å². The summed E-state index contributed by atoms with van der Waals surface area (Å²) >= 11 is 0. The molecule has 3 unspecified atom stereocenters. The van der Waals surface area contributed by atoms with Gasteiger partial charge in [-0.1, -0.05) is 6.92 Å². The van der Waals surface area contributed by atoms with Gasteiger partial charge in [0.25, 0.3) is 0 Å². The molecule has 0 radical (unpaired) electrons. The fraction of sp³-hybridized carbons (Fsp3) is 0.867. The van der Waals surface area contributed by atoms with Crippen LogP contribution in [0.5, 0.6) is 0 Å². The van der Waals surface area contributed by atoms with Crippen LogP contribution in [0.2, 0.25) is 0 Å². The molecule has 0 aromatic rings. The Morgan fingerprint density at radius 1 is 1.14 bits per heavy atom. The SMILES string of the molecule is CCCN1CCN(C(=O)N2C3CCC2C(C(=O)O)C3)CC1. The van der Waals surface area contributed by atoms with Crippen molar-refractivity contribution in [3.05, 3.63) is 0 Å². The molecule has 21 heavy (non-hydrogen) atoms. The standard InChI is InChI=1S/C15H25N3O3/c1-2-5-16-6-8-17(9-7-16)15(21)18-11-3-4-13(18)12(10-11)14(19)20/h11-13H,2-10H2,1H3,(H,19,20). The Morgan fingerprint density at radius 3 is 2.43 bits per heavy atom. The first-order valence-corrected chi connectivity index (χ1v) is 8.14. The van der Waals surface area contributed by atoms with Crippen LogP contribution in [0.15, 0.2) is 0 Å². The third-order valence-electron chi connectivity index (χ3n) is 5.26. The maximum atomic E-state index is 12.7. The number of hydrogen-bond donors (Lipinski definition) is 1. The Bertz CT molecular complexity index is 420. The average molecular weight is 295 g/mol. The van der Waals surface area contributed by atoms with Crippen molar-refractivity contribution < 1.29 is 14.7 Å². The van der Waals surface area contributed by atoms with Gasteiger partial charge < -0.3 is 14.9 Å². The largest absolute Gasteiger partial charge is 0.481 e. The van der Waals surface area contributed by atoms with Crippen molar-refractivity contribution in [2.24, 2.45) is 5.92 Å². The van der Waals surface area contributed by atoms with Crippen LogP contribution in [-0.2, 0) is 4.79 Å². The number of carbonyl (C=O) groups is 2. The number of fused-ring (bicyclic) bond motifs is 2. The van der Waals surface area contributed by atoms with Gasteiger partial charge in [-0.2, -0.15) is 0 Å². The first-order chi connectivity index (χ1) is 10.1. The zero-order chi connectivity index (χ0) is 15.0. The number of carboxylic acids is 1. The molecule has 2 bridgehead atoms. The molecule has 3 saturated heterocycles. The topological polar surface area (TPSA) is 64.1 Å². The lowest BCUT2D eigenvalue weighted by atomic mass is 9.89. The average Bonchev–Trinajstić information content (AvgIpc) is 3.05. The summed E-state index contributed by atoms with van der Waals surface area (Å²) in [5.41, 5.74) is 0. The minimum atomic E-state index is -0.743. The lowest BCUT2D eigenvalue weighted by molar-refractivity contribution is -0.142. The van der Waals surface area contributed by atoms with Gasteiger partial charge >= 0.3 is 12.0 Å². The Balaban J connectivity index is 1.61.